The van der Waals surface area contributed by atoms with Crippen molar-refractivity contribution in [1.29, 1.82) is 0 Å². The van der Waals surface area contributed by atoms with E-state index in [2.05, 4.69) is 36.0 Å². The Balaban J connectivity index is 2.14. The number of fused-ring (bicyclic) bond motifs is 1. The van der Waals surface area contributed by atoms with Gasteiger partial charge in [-0.05, 0) is 38.2 Å². The van der Waals surface area contributed by atoms with Crippen molar-refractivity contribution in [2.75, 3.05) is 19.6 Å². The minimum Gasteiger partial charge on any atom is -0.350 e. The largest absolute Gasteiger partial charge is 0.350 e. The molecule has 0 bridgehead atoms. The quantitative estimate of drug-likeness (QED) is 0.821. The van der Waals surface area contributed by atoms with Crippen LogP contribution >= 0.6 is 11.6 Å². The molecule has 0 aliphatic heterocycles. The zero-order valence-corrected chi connectivity index (χ0v) is 14.3. The van der Waals surface area contributed by atoms with Crippen LogP contribution in [0.15, 0.2) is 24.3 Å². The molecule has 1 heterocycles. The number of carbonyl (C=O) groups excluding carboxylic acids is 1. The zero-order chi connectivity index (χ0) is 17.0. The second-order valence-corrected chi connectivity index (χ2v) is 5.80. The summed E-state index contributed by atoms with van der Waals surface area (Å²) in [6.07, 6.45) is 0. The third kappa shape index (κ3) is 4.18. The molecule has 1 N–H and O–H groups in total. The zero-order valence-electron chi connectivity index (χ0n) is 13.6. The minimum atomic E-state index is -0.383. The fourth-order valence-electron chi connectivity index (χ4n) is 2.59. The molecule has 1 amide bonds. The van der Waals surface area contributed by atoms with Gasteiger partial charge >= 0.3 is 0 Å². The Labute approximate surface area is 140 Å². The summed E-state index contributed by atoms with van der Waals surface area (Å²) in [5.41, 5.74) is 0.737. The maximum Gasteiger partial charge on any atom is 0.254 e. The van der Waals surface area contributed by atoms with Crippen molar-refractivity contribution in [3.63, 3.8) is 0 Å². The topological polar surface area (TPSA) is 45.2 Å². The molecule has 2 aromatic rings. The number of halogens is 2. The maximum atomic E-state index is 13.2. The first kappa shape index (κ1) is 17.6. The molecule has 0 saturated carbocycles. The third-order valence-corrected chi connectivity index (χ3v) is 4.26. The van der Waals surface area contributed by atoms with Crippen molar-refractivity contribution in [1.82, 2.24) is 15.2 Å². The van der Waals surface area contributed by atoms with Gasteiger partial charge in [0.15, 0.2) is 0 Å². The molecule has 1 aromatic carbocycles. The van der Waals surface area contributed by atoms with Gasteiger partial charge in [-0.2, -0.15) is 0 Å². The number of aromatic nitrogens is 1. The minimum absolute atomic E-state index is 0.0797. The van der Waals surface area contributed by atoms with Crippen LogP contribution in [0.2, 0.25) is 5.15 Å². The van der Waals surface area contributed by atoms with Gasteiger partial charge < -0.3 is 5.32 Å². The molecular weight excluding hydrogens is 317 g/mol. The van der Waals surface area contributed by atoms with E-state index in [9.17, 15) is 9.18 Å². The summed E-state index contributed by atoms with van der Waals surface area (Å²) in [4.78, 5) is 18.7. The predicted octanol–water partition coefficient (Wildman–Crippen LogP) is 3.49. The Morgan fingerprint density at radius 1 is 1.35 bits per heavy atom. The summed E-state index contributed by atoms with van der Waals surface area (Å²) < 4.78 is 13.2. The number of likely N-dealkylation sites (N-methyl/N-ethyl adjacent to an activating group) is 1. The number of hydrogen-bond donors (Lipinski definition) is 1. The molecule has 4 nitrogen and oxygen atoms in total. The Morgan fingerprint density at radius 2 is 2.04 bits per heavy atom. The average Bonchev–Trinajstić information content (AvgIpc) is 2.53. The van der Waals surface area contributed by atoms with Crippen molar-refractivity contribution in [2.45, 2.75) is 26.8 Å². The van der Waals surface area contributed by atoms with Gasteiger partial charge in [-0.1, -0.05) is 25.4 Å². The molecule has 0 aliphatic carbocycles. The highest BCUT2D eigenvalue weighted by Crippen LogP contribution is 2.21. The van der Waals surface area contributed by atoms with E-state index >= 15 is 0 Å². The number of carbonyl (C=O) groups is 1. The molecule has 0 aliphatic rings. The maximum absolute atomic E-state index is 13.2. The third-order valence-electron chi connectivity index (χ3n) is 3.97. The van der Waals surface area contributed by atoms with Gasteiger partial charge in [-0.3, -0.25) is 9.69 Å². The van der Waals surface area contributed by atoms with Crippen LogP contribution in [-0.2, 0) is 0 Å². The van der Waals surface area contributed by atoms with E-state index in [4.69, 9.17) is 11.6 Å². The molecule has 124 valence electrons. The van der Waals surface area contributed by atoms with Gasteiger partial charge in [0.1, 0.15) is 11.0 Å². The lowest BCUT2D eigenvalue weighted by Gasteiger charge is -2.26. The van der Waals surface area contributed by atoms with Crippen LogP contribution in [0.4, 0.5) is 4.39 Å². The summed E-state index contributed by atoms with van der Waals surface area (Å²) in [5.74, 6) is -0.654. The number of nitrogens with zero attached hydrogens (tertiary/aromatic N) is 2. The lowest BCUT2D eigenvalue weighted by atomic mass is 10.1. The highest BCUT2D eigenvalue weighted by Gasteiger charge is 2.16. The SMILES string of the molecule is CCN(CC)C(C)CNC(=O)c1cc2ccc(F)cc2nc1Cl. The number of hydrogen-bond acceptors (Lipinski definition) is 3. The highest BCUT2D eigenvalue weighted by atomic mass is 35.5. The molecule has 0 radical (unpaired) electrons. The van der Waals surface area contributed by atoms with E-state index in [1.54, 1.807) is 12.1 Å². The van der Waals surface area contributed by atoms with Crippen LogP contribution in [0.3, 0.4) is 0 Å². The number of rotatable bonds is 6. The first-order valence-corrected chi connectivity index (χ1v) is 8.12. The lowest BCUT2D eigenvalue weighted by molar-refractivity contribution is 0.0938. The standard InChI is InChI=1S/C17H21ClFN3O/c1-4-22(5-2)11(3)10-20-17(23)14-8-12-6-7-13(19)9-15(12)21-16(14)18/h6-9,11H,4-5,10H2,1-3H3,(H,20,23). The van der Waals surface area contributed by atoms with Crippen LogP contribution in [0.5, 0.6) is 0 Å². The lowest BCUT2D eigenvalue weighted by Crippen LogP contribution is -2.42. The van der Waals surface area contributed by atoms with Crippen molar-refractivity contribution in [3.05, 3.63) is 40.8 Å². The summed E-state index contributed by atoms with van der Waals surface area (Å²) in [5, 5.41) is 3.64. The first-order valence-electron chi connectivity index (χ1n) is 7.74. The molecule has 1 unspecified atom stereocenters. The van der Waals surface area contributed by atoms with Gasteiger partial charge in [-0.25, -0.2) is 9.37 Å². The molecule has 0 saturated heterocycles. The Hall–Kier alpha value is -1.72. The van der Waals surface area contributed by atoms with Crippen LogP contribution < -0.4 is 5.32 Å². The summed E-state index contributed by atoms with van der Waals surface area (Å²) in [6, 6.07) is 6.09. The summed E-state index contributed by atoms with van der Waals surface area (Å²) in [6.45, 7) is 8.62. The van der Waals surface area contributed by atoms with E-state index in [0.29, 0.717) is 23.0 Å². The van der Waals surface area contributed by atoms with Gasteiger partial charge in [0.2, 0.25) is 0 Å². The van der Waals surface area contributed by atoms with E-state index in [1.165, 1.54) is 12.1 Å². The van der Waals surface area contributed by atoms with Crippen molar-refractivity contribution < 1.29 is 9.18 Å². The van der Waals surface area contributed by atoms with Crippen molar-refractivity contribution in [2.24, 2.45) is 0 Å². The highest BCUT2D eigenvalue weighted by molar-refractivity contribution is 6.33. The Kier molecular flexibility index (Phi) is 5.91. The van der Waals surface area contributed by atoms with Crippen LogP contribution in [0.1, 0.15) is 31.1 Å². The molecule has 2 rings (SSSR count). The number of amides is 1. The number of nitrogens with one attached hydrogen (secondary N) is 1. The molecule has 0 spiro atoms. The fraction of sp³-hybridized carbons (Fsp3) is 0.412. The Bertz CT molecular complexity index is 704. The van der Waals surface area contributed by atoms with Crippen LogP contribution in [0, 0.1) is 5.82 Å². The molecule has 1 atom stereocenters. The van der Waals surface area contributed by atoms with E-state index in [1.807, 2.05) is 0 Å². The second-order valence-electron chi connectivity index (χ2n) is 5.44. The van der Waals surface area contributed by atoms with Crippen LogP contribution in [-0.4, -0.2) is 41.5 Å². The molecule has 23 heavy (non-hydrogen) atoms. The summed E-state index contributed by atoms with van der Waals surface area (Å²) >= 11 is 6.08. The molecule has 1 aromatic heterocycles. The van der Waals surface area contributed by atoms with Crippen LogP contribution in [0.25, 0.3) is 10.9 Å². The number of benzene rings is 1. The number of pyridine rings is 1. The second kappa shape index (κ2) is 7.70. The predicted molar refractivity (Wildman–Crippen MR) is 91.4 cm³/mol. The van der Waals surface area contributed by atoms with Gasteiger partial charge in [0.05, 0.1) is 11.1 Å². The Morgan fingerprint density at radius 3 is 2.70 bits per heavy atom. The normalized spacial score (nSPS) is 12.6. The van der Waals surface area contributed by atoms with Gasteiger partial charge in [0.25, 0.3) is 5.91 Å². The summed E-state index contributed by atoms with van der Waals surface area (Å²) in [7, 11) is 0. The van der Waals surface area contributed by atoms with Crippen molar-refractivity contribution >= 4 is 28.4 Å². The smallest absolute Gasteiger partial charge is 0.254 e. The van der Waals surface area contributed by atoms with E-state index < -0.39 is 0 Å². The first-order chi connectivity index (χ1) is 11.0. The van der Waals surface area contributed by atoms with E-state index in [0.717, 1.165) is 13.1 Å². The fourth-order valence-corrected chi connectivity index (χ4v) is 2.82. The van der Waals surface area contributed by atoms with Crippen molar-refractivity contribution in [3.8, 4) is 0 Å². The van der Waals surface area contributed by atoms with Gasteiger partial charge in [-0.15, -0.1) is 0 Å². The average molecular weight is 338 g/mol. The molecule has 6 heteroatoms. The van der Waals surface area contributed by atoms with E-state index in [-0.39, 0.29) is 22.9 Å². The molecule has 0 fully saturated rings. The molecular formula is C17H21ClFN3O. The monoisotopic (exact) mass is 337 g/mol. The van der Waals surface area contributed by atoms with Gasteiger partial charge in [0, 0.05) is 24.0 Å².